The molecule has 0 amide bonds. The van der Waals surface area contributed by atoms with Gasteiger partial charge in [-0.15, -0.1) is 33.6 Å². The number of ether oxygens (including phenoxy) is 2. The quantitative estimate of drug-likeness (QED) is 0.736. The molecule has 0 bridgehead atoms. The molecule has 2 aliphatic heterocycles. The molecule has 1 atom stereocenters. The van der Waals surface area contributed by atoms with Crippen LogP contribution in [-0.2, 0) is 0 Å². The molecule has 3 rings (SSSR count). The molecule has 1 aromatic carbocycles. The van der Waals surface area contributed by atoms with Crippen molar-refractivity contribution in [2.75, 3.05) is 26.2 Å². The first-order valence-corrected chi connectivity index (χ1v) is 7.65. The second-order valence-electron chi connectivity index (χ2n) is 5.80. The summed E-state index contributed by atoms with van der Waals surface area (Å²) in [6.07, 6.45) is -9.33. The Morgan fingerprint density at radius 1 is 1.12 bits per heavy atom. The molecule has 2 aliphatic rings. The molecule has 0 spiro atoms. The Hall–Kier alpha value is -1.03. The minimum atomic E-state index is -4.31. The number of fused-ring (bicyclic) bond motifs is 1. The van der Waals surface area contributed by atoms with Gasteiger partial charge in [-0.05, 0) is 12.5 Å². The number of piperazine rings is 1. The Morgan fingerprint density at radius 2 is 1.77 bits per heavy atom. The standard InChI is InChI=1S/C15H17F5N2O2.2ClH/c16-14(17,18)5-4-11(22-8-6-21-7-9-22)10-2-1-3-12-13(10)24-15(19,20)23-12;;/h1-3,11,21H,4-9H2;2*1H/t11-;;/m1../s1. The summed E-state index contributed by atoms with van der Waals surface area (Å²) in [5.41, 5.74) is 0.302. The first kappa shape index (κ1) is 23.0. The van der Waals surface area contributed by atoms with E-state index < -0.39 is 24.9 Å². The SMILES string of the molecule is Cl.Cl.FC(F)(F)CC[C@H](c1cccc2c1OC(F)(F)O2)N1CCNCC1. The maximum Gasteiger partial charge on any atom is 0.586 e. The molecule has 11 heteroatoms. The number of nitrogens with zero attached hydrogens (tertiary/aromatic N) is 1. The fraction of sp³-hybridized carbons (Fsp3) is 0.600. The maximum atomic E-state index is 13.3. The Morgan fingerprint density at radius 3 is 2.38 bits per heavy atom. The van der Waals surface area contributed by atoms with E-state index >= 15 is 0 Å². The van der Waals surface area contributed by atoms with E-state index in [0.29, 0.717) is 31.7 Å². The van der Waals surface area contributed by atoms with Crippen LogP contribution in [0.5, 0.6) is 11.5 Å². The first-order valence-electron chi connectivity index (χ1n) is 7.65. The predicted octanol–water partition coefficient (Wildman–Crippen LogP) is 4.14. The number of rotatable bonds is 4. The van der Waals surface area contributed by atoms with Crippen molar-refractivity contribution in [1.82, 2.24) is 10.2 Å². The van der Waals surface area contributed by atoms with Gasteiger partial charge >= 0.3 is 12.5 Å². The number of halogens is 7. The molecule has 0 unspecified atom stereocenters. The third-order valence-corrected chi connectivity index (χ3v) is 4.11. The molecule has 4 nitrogen and oxygen atoms in total. The topological polar surface area (TPSA) is 33.7 Å². The smallest absolute Gasteiger partial charge is 0.395 e. The number of alkyl halides is 5. The van der Waals surface area contributed by atoms with Gasteiger partial charge in [-0.25, -0.2) is 0 Å². The molecule has 1 fully saturated rings. The Labute approximate surface area is 159 Å². The molecule has 150 valence electrons. The average molecular weight is 425 g/mol. The van der Waals surface area contributed by atoms with Crippen LogP contribution in [-0.4, -0.2) is 43.5 Å². The summed E-state index contributed by atoms with van der Waals surface area (Å²) in [5.74, 6) is -0.321. The van der Waals surface area contributed by atoms with Gasteiger partial charge in [0.05, 0.1) is 0 Å². The zero-order valence-corrected chi connectivity index (χ0v) is 15.2. The molecule has 1 aromatic rings. The zero-order chi connectivity index (χ0) is 17.4. The summed E-state index contributed by atoms with van der Waals surface area (Å²) in [7, 11) is 0. The summed E-state index contributed by atoms with van der Waals surface area (Å²) < 4.78 is 73.7. The van der Waals surface area contributed by atoms with Gasteiger partial charge in [-0.1, -0.05) is 12.1 Å². The number of benzene rings is 1. The normalized spacial score (nSPS) is 20.0. The van der Waals surface area contributed by atoms with Crippen molar-refractivity contribution in [2.24, 2.45) is 0 Å². The van der Waals surface area contributed by atoms with Crippen molar-refractivity contribution in [3.05, 3.63) is 23.8 Å². The minimum Gasteiger partial charge on any atom is -0.395 e. The number of nitrogens with one attached hydrogen (secondary N) is 1. The number of hydrogen-bond donors (Lipinski definition) is 1. The van der Waals surface area contributed by atoms with E-state index in [2.05, 4.69) is 14.8 Å². The summed E-state index contributed by atoms with van der Waals surface area (Å²) in [6.45, 7) is 2.32. The van der Waals surface area contributed by atoms with E-state index in [4.69, 9.17) is 0 Å². The highest BCUT2D eigenvalue weighted by Crippen LogP contribution is 2.47. The molecule has 2 heterocycles. The van der Waals surface area contributed by atoms with Gasteiger partial charge in [0.25, 0.3) is 0 Å². The van der Waals surface area contributed by atoms with Crippen LogP contribution in [0.2, 0.25) is 0 Å². The van der Waals surface area contributed by atoms with Crippen LogP contribution < -0.4 is 14.8 Å². The van der Waals surface area contributed by atoms with E-state index in [1.54, 1.807) is 0 Å². The summed E-state index contributed by atoms with van der Waals surface area (Å²) >= 11 is 0. The fourth-order valence-corrected chi connectivity index (χ4v) is 3.08. The zero-order valence-electron chi connectivity index (χ0n) is 13.5. The summed E-state index contributed by atoms with van der Waals surface area (Å²) in [4.78, 5) is 1.86. The summed E-state index contributed by atoms with van der Waals surface area (Å²) in [5, 5.41) is 3.12. The molecular formula is C15H19Cl2F5N2O2. The molecular weight excluding hydrogens is 406 g/mol. The van der Waals surface area contributed by atoms with Crippen molar-refractivity contribution >= 4 is 24.8 Å². The molecule has 0 aromatic heterocycles. The lowest BCUT2D eigenvalue weighted by molar-refractivity contribution is -0.287. The Bertz CT molecular complexity index is 598. The second kappa shape index (κ2) is 8.77. The Balaban J connectivity index is 0.00000169. The monoisotopic (exact) mass is 424 g/mol. The van der Waals surface area contributed by atoms with Gasteiger partial charge < -0.3 is 14.8 Å². The number of hydrogen-bond acceptors (Lipinski definition) is 4. The van der Waals surface area contributed by atoms with Gasteiger partial charge in [0.15, 0.2) is 11.5 Å². The van der Waals surface area contributed by atoms with Crippen LogP contribution in [0, 0.1) is 0 Å². The van der Waals surface area contributed by atoms with Crippen LogP contribution in [0.3, 0.4) is 0 Å². The molecule has 0 aliphatic carbocycles. The highest BCUT2D eigenvalue weighted by molar-refractivity contribution is 5.85. The van der Waals surface area contributed by atoms with Crippen molar-refractivity contribution in [2.45, 2.75) is 31.4 Å². The van der Waals surface area contributed by atoms with Crippen molar-refractivity contribution < 1.29 is 31.4 Å². The van der Waals surface area contributed by atoms with Crippen LogP contribution in [0.1, 0.15) is 24.4 Å². The fourth-order valence-electron chi connectivity index (χ4n) is 3.08. The van der Waals surface area contributed by atoms with Gasteiger partial charge in [-0.2, -0.15) is 13.2 Å². The number of para-hydroxylation sites is 1. The van der Waals surface area contributed by atoms with E-state index in [1.807, 2.05) is 4.90 Å². The van der Waals surface area contributed by atoms with Gasteiger partial charge in [-0.3, -0.25) is 4.90 Å². The van der Waals surface area contributed by atoms with Crippen molar-refractivity contribution in [3.8, 4) is 11.5 Å². The van der Waals surface area contributed by atoms with E-state index in [9.17, 15) is 22.0 Å². The van der Waals surface area contributed by atoms with E-state index in [1.165, 1.54) is 18.2 Å². The lowest BCUT2D eigenvalue weighted by Crippen LogP contribution is -2.45. The summed E-state index contributed by atoms with van der Waals surface area (Å²) in [6, 6.07) is 3.66. The largest absolute Gasteiger partial charge is 0.586 e. The third kappa shape index (κ3) is 5.48. The Kier molecular flexibility index (Phi) is 7.76. The molecule has 1 saturated heterocycles. The molecule has 1 N–H and O–H groups in total. The van der Waals surface area contributed by atoms with Gasteiger partial charge in [0, 0.05) is 44.2 Å². The molecule has 0 saturated carbocycles. The van der Waals surface area contributed by atoms with Gasteiger partial charge in [0.1, 0.15) is 0 Å². The predicted molar refractivity (Wildman–Crippen MR) is 89.6 cm³/mol. The average Bonchev–Trinajstić information content (AvgIpc) is 2.82. The van der Waals surface area contributed by atoms with Gasteiger partial charge in [0.2, 0.25) is 0 Å². The van der Waals surface area contributed by atoms with Crippen LogP contribution in [0.15, 0.2) is 18.2 Å². The molecule has 26 heavy (non-hydrogen) atoms. The second-order valence-corrected chi connectivity index (χ2v) is 5.80. The van der Waals surface area contributed by atoms with Crippen LogP contribution in [0.4, 0.5) is 22.0 Å². The highest BCUT2D eigenvalue weighted by atomic mass is 35.5. The molecule has 0 radical (unpaired) electrons. The third-order valence-electron chi connectivity index (χ3n) is 4.11. The van der Waals surface area contributed by atoms with E-state index in [-0.39, 0.29) is 42.7 Å². The van der Waals surface area contributed by atoms with Crippen molar-refractivity contribution in [1.29, 1.82) is 0 Å². The first-order chi connectivity index (χ1) is 11.3. The highest BCUT2D eigenvalue weighted by Gasteiger charge is 2.45. The lowest BCUT2D eigenvalue weighted by Gasteiger charge is -2.35. The van der Waals surface area contributed by atoms with Crippen LogP contribution >= 0.6 is 24.8 Å². The van der Waals surface area contributed by atoms with Crippen molar-refractivity contribution in [3.63, 3.8) is 0 Å². The van der Waals surface area contributed by atoms with Crippen LogP contribution in [0.25, 0.3) is 0 Å². The minimum absolute atomic E-state index is 0. The maximum absolute atomic E-state index is 13.3. The van der Waals surface area contributed by atoms with E-state index in [0.717, 1.165) is 0 Å². The lowest BCUT2D eigenvalue weighted by atomic mass is 9.98.